The normalized spacial score (nSPS) is 9.69. The van der Waals surface area contributed by atoms with Gasteiger partial charge in [-0.25, -0.2) is 0 Å². The summed E-state index contributed by atoms with van der Waals surface area (Å²) in [6.45, 7) is 1.07. The molecule has 0 saturated carbocycles. The molecular weight excluding hydrogens is 340 g/mol. The Morgan fingerprint density at radius 2 is 1.88 bits per heavy atom. The van der Waals surface area contributed by atoms with E-state index in [2.05, 4.69) is 10.6 Å². The van der Waals surface area contributed by atoms with Crippen molar-refractivity contribution in [3.05, 3.63) is 58.1 Å². The van der Waals surface area contributed by atoms with Gasteiger partial charge >= 0.3 is 0 Å². The Morgan fingerprint density at radius 3 is 2.46 bits per heavy atom. The standard InChI is InChI=1S/C17H14N4O5/c1-11(22)19-13-2-5-15(6-3-13)26-10-17(23)20-16-7-4-14(21(24)25)8-12(16)9-18/h2-8H,10H2,1H3,(H,19,22)(H,20,23). The number of hydrogen-bond acceptors (Lipinski definition) is 6. The number of hydrogen-bond donors (Lipinski definition) is 2. The molecule has 132 valence electrons. The minimum absolute atomic E-state index is 0.0211. The lowest BCUT2D eigenvalue weighted by Crippen LogP contribution is -2.20. The van der Waals surface area contributed by atoms with Gasteiger partial charge in [0.25, 0.3) is 11.6 Å². The summed E-state index contributed by atoms with van der Waals surface area (Å²) in [5.74, 6) is -0.311. The topological polar surface area (TPSA) is 134 Å². The largest absolute Gasteiger partial charge is 0.484 e. The maximum Gasteiger partial charge on any atom is 0.270 e. The van der Waals surface area contributed by atoms with Crippen molar-refractivity contribution < 1.29 is 19.2 Å². The molecule has 0 fully saturated rings. The van der Waals surface area contributed by atoms with Gasteiger partial charge in [-0.15, -0.1) is 0 Å². The number of ether oxygens (including phenoxy) is 1. The van der Waals surface area contributed by atoms with E-state index in [-0.39, 0.29) is 29.5 Å². The van der Waals surface area contributed by atoms with Crippen molar-refractivity contribution in [2.24, 2.45) is 0 Å². The van der Waals surface area contributed by atoms with Crippen LogP contribution in [-0.2, 0) is 9.59 Å². The van der Waals surface area contributed by atoms with Gasteiger partial charge in [0.15, 0.2) is 6.61 Å². The monoisotopic (exact) mass is 354 g/mol. The van der Waals surface area contributed by atoms with E-state index in [0.29, 0.717) is 11.4 Å². The first-order chi connectivity index (χ1) is 12.4. The van der Waals surface area contributed by atoms with E-state index in [1.54, 1.807) is 30.3 Å². The third-order valence-corrected chi connectivity index (χ3v) is 3.15. The average Bonchev–Trinajstić information content (AvgIpc) is 2.60. The zero-order valence-electron chi connectivity index (χ0n) is 13.7. The lowest BCUT2D eigenvalue weighted by molar-refractivity contribution is -0.384. The molecule has 9 nitrogen and oxygen atoms in total. The van der Waals surface area contributed by atoms with Crippen LogP contribution in [-0.4, -0.2) is 23.3 Å². The van der Waals surface area contributed by atoms with Crippen LogP contribution >= 0.6 is 0 Å². The molecule has 2 aromatic rings. The molecule has 2 N–H and O–H groups in total. The minimum atomic E-state index is -0.625. The van der Waals surface area contributed by atoms with E-state index >= 15 is 0 Å². The highest BCUT2D eigenvalue weighted by Crippen LogP contribution is 2.21. The molecular formula is C17H14N4O5. The van der Waals surface area contributed by atoms with Gasteiger partial charge in [0, 0.05) is 24.7 Å². The lowest BCUT2D eigenvalue weighted by atomic mass is 10.1. The second-order valence-corrected chi connectivity index (χ2v) is 5.14. The van der Waals surface area contributed by atoms with Crippen molar-refractivity contribution in [3.8, 4) is 11.8 Å². The average molecular weight is 354 g/mol. The number of amides is 2. The fourth-order valence-corrected chi connectivity index (χ4v) is 2.02. The highest BCUT2D eigenvalue weighted by Gasteiger charge is 2.13. The van der Waals surface area contributed by atoms with Crippen LogP contribution in [0.1, 0.15) is 12.5 Å². The quantitative estimate of drug-likeness (QED) is 0.604. The van der Waals surface area contributed by atoms with Gasteiger partial charge in [-0.3, -0.25) is 19.7 Å². The summed E-state index contributed by atoms with van der Waals surface area (Å²) < 4.78 is 5.32. The summed E-state index contributed by atoms with van der Waals surface area (Å²) >= 11 is 0. The highest BCUT2D eigenvalue weighted by molar-refractivity contribution is 5.93. The number of rotatable bonds is 6. The number of carbonyl (C=O) groups is 2. The smallest absolute Gasteiger partial charge is 0.270 e. The van der Waals surface area contributed by atoms with Gasteiger partial charge in [-0.2, -0.15) is 5.26 Å². The Labute approximate surface area is 148 Å². The molecule has 0 aromatic heterocycles. The maximum absolute atomic E-state index is 11.9. The number of anilines is 2. The third kappa shape index (κ3) is 5.04. The Morgan fingerprint density at radius 1 is 1.19 bits per heavy atom. The van der Waals surface area contributed by atoms with Gasteiger partial charge in [-0.05, 0) is 30.3 Å². The van der Waals surface area contributed by atoms with E-state index in [1.807, 2.05) is 0 Å². The SMILES string of the molecule is CC(=O)Nc1ccc(OCC(=O)Nc2ccc([N+](=O)[O-])cc2C#N)cc1. The van der Waals surface area contributed by atoms with Gasteiger partial charge < -0.3 is 15.4 Å². The number of nitriles is 1. The van der Waals surface area contributed by atoms with Crippen LogP contribution in [0, 0.1) is 21.4 Å². The Hall–Kier alpha value is -3.93. The van der Waals surface area contributed by atoms with Crippen LogP contribution in [0.5, 0.6) is 5.75 Å². The van der Waals surface area contributed by atoms with Gasteiger partial charge in [0.1, 0.15) is 11.8 Å². The molecule has 0 unspecified atom stereocenters. The van der Waals surface area contributed by atoms with E-state index in [0.717, 1.165) is 6.07 Å². The molecule has 0 heterocycles. The van der Waals surface area contributed by atoms with E-state index < -0.39 is 10.8 Å². The van der Waals surface area contributed by atoms with Crippen LogP contribution in [0.3, 0.4) is 0 Å². The van der Waals surface area contributed by atoms with Crippen LogP contribution < -0.4 is 15.4 Å². The van der Waals surface area contributed by atoms with Crippen molar-refractivity contribution >= 4 is 28.9 Å². The van der Waals surface area contributed by atoms with Crippen molar-refractivity contribution in [2.45, 2.75) is 6.92 Å². The number of nitrogens with one attached hydrogen (secondary N) is 2. The second-order valence-electron chi connectivity index (χ2n) is 5.14. The molecule has 0 atom stereocenters. The predicted octanol–water partition coefficient (Wildman–Crippen LogP) is 2.44. The Kier molecular flexibility index (Phi) is 5.84. The zero-order valence-corrected chi connectivity index (χ0v) is 13.7. The maximum atomic E-state index is 11.9. The van der Waals surface area contributed by atoms with Crippen LogP contribution in [0.15, 0.2) is 42.5 Å². The molecule has 0 aliphatic rings. The first-order valence-corrected chi connectivity index (χ1v) is 7.38. The number of nitro groups is 1. The molecule has 2 aromatic carbocycles. The molecule has 0 aliphatic heterocycles. The molecule has 0 radical (unpaired) electrons. The van der Waals surface area contributed by atoms with Crippen molar-refractivity contribution in [2.75, 3.05) is 17.2 Å². The zero-order chi connectivity index (χ0) is 19.1. The summed E-state index contributed by atoms with van der Waals surface area (Å²) in [4.78, 5) is 33.0. The van der Waals surface area contributed by atoms with Gasteiger partial charge in [-0.1, -0.05) is 0 Å². The molecule has 2 rings (SSSR count). The molecule has 0 bridgehead atoms. The van der Waals surface area contributed by atoms with Crippen molar-refractivity contribution in [1.82, 2.24) is 0 Å². The molecule has 0 aliphatic carbocycles. The lowest BCUT2D eigenvalue weighted by Gasteiger charge is -2.09. The van der Waals surface area contributed by atoms with E-state index in [9.17, 15) is 19.7 Å². The fraction of sp³-hybridized carbons (Fsp3) is 0.118. The second kappa shape index (κ2) is 8.25. The number of non-ortho nitro benzene ring substituents is 1. The summed E-state index contributed by atoms with van der Waals surface area (Å²) in [7, 11) is 0. The summed E-state index contributed by atoms with van der Waals surface area (Å²) in [5, 5.41) is 24.8. The third-order valence-electron chi connectivity index (χ3n) is 3.15. The first-order valence-electron chi connectivity index (χ1n) is 7.38. The van der Waals surface area contributed by atoms with E-state index in [4.69, 9.17) is 10.00 Å². The summed E-state index contributed by atoms with van der Waals surface area (Å²) in [5.41, 5.74) is 0.494. The van der Waals surface area contributed by atoms with Gasteiger partial charge in [0.05, 0.1) is 16.2 Å². The number of nitrogens with zero attached hydrogens (tertiary/aromatic N) is 2. The number of benzene rings is 2. The molecule has 9 heteroatoms. The molecule has 0 spiro atoms. The number of carbonyl (C=O) groups excluding carboxylic acids is 2. The molecule has 26 heavy (non-hydrogen) atoms. The Bertz CT molecular complexity index is 887. The van der Waals surface area contributed by atoms with Crippen molar-refractivity contribution in [1.29, 1.82) is 5.26 Å². The summed E-state index contributed by atoms with van der Waals surface area (Å²) in [6.07, 6.45) is 0. The molecule has 2 amide bonds. The molecule has 0 saturated heterocycles. The van der Waals surface area contributed by atoms with Crippen LogP contribution in [0.2, 0.25) is 0 Å². The summed E-state index contributed by atoms with van der Waals surface area (Å²) in [6, 6.07) is 11.8. The van der Waals surface area contributed by atoms with E-state index in [1.165, 1.54) is 19.1 Å². The number of nitro benzene ring substituents is 1. The Balaban J connectivity index is 1.96. The van der Waals surface area contributed by atoms with Gasteiger partial charge in [0.2, 0.25) is 5.91 Å². The van der Waals surface area contributed by atoms with Crippen LogP contribution in [0.4, 0.5) is 17.1 Å². The van der Waals surface area contributed by atoms with Crippen molar-refractivity contribution in [3.63, 3.8) is 0 Å². The van der Waals surface area contributed by atoms with Crippen LogP contribution in [0.25, 0.3) is 0 Å². The fourth-order valence-electron chi connectivity index (χ4n) is 2.02. The highest BCUT2D eigenvalue weighted by atomic mass is 16.6. The first kappa shape index (κ1) is 18.4. The minimum Gasteiger partial charge on any atom is -0.484 e. The predicted molar refractivity (Wildman–Crippen MR) is 92.7 cm³/mol.